The van der Waals surface area contributed by atoms with Crippen LogP contribution in [0.2, 0.25) is 0 Å². The zero-order valence-corrected chi connectivity index (χ0v) is 19.1. The van der Waals surface area contributed by atoms with Gasteiger partial charge in [-0.3, -0.25) is 10.2 Å². The van der Waals surface area contributed by atoms with Crippen LogP contribution in [0.3, 0.4) is 0 Å². The number of benzene rings is 1. The summed E-state index contributed by atoms with van der Waals surface area (Å²) in [6.07, 6.45) is 7.56. The number of nitrogens with one attached hydrogen (secondary N) is 2. The lowest BCUT2D eigenvalue weighted by Gasteiger charge is -2.41. The van der Waals surface area contributed by atoms with Gasteiger partial charge in [-0.2, -0.15) is 0 Å². The summed E-state index contributed by atoms with van der Waals surface area (Å²) in [6.45, 7) is 1.22. The minimum Gasteiger partial charge on any atom is -0.356 e. The maximum absolute atomic E-state index is 14.8. The third-order valence-corrected chi connectivity index (χ3v) is 10.5. The molecule has 2 saturated heterocycles. The van der Waals surface area contributed by atoms with Crippen LogP contribution < -0.4 is 21.1 Å². The van der Waals surface area contributed by atoms with Gasteiger partial charge in [0.05, 0.1) is 0 Å². The number of nitrogens with zero attached hydrogens (tertiary/aromatic N) is 2. The van der Waals surface area contributed by atoms with E-state index < -0.39 is 7.14 Å². The van der Waals surface area contributed by atoms with E-state index in [-0.39, 0.29) is 23.7 Å². The quantitative estimate of drug-likeness (QED) is 0.692. The van der Waals surface area contributed by atoms with Crippen molar-refractivity contribution in [3.05, 3.63) is 54.0 Å². The lowest BCUT2D eigenvalue weighted by atomic mass is 9.72. The summed E-state index contributed by atoms with van der Waals surface area (Å²) in [5.74, 6) is 0.951. The van der Waals surface area contributed by atoms with Gasteiger partial charge < -0.3 is 9.46 Å². The Morgan fingerprint density at radius 3 is 2.72 bits per heavy atom. The normalized spacial score (nSPS) is 27.5. The van der Waals surface area contributed by atoms with E-state index in [4.69, 9.17) is 0 Å². The number of carbonyl (C=O) groups excluding carboxylic acids is 1. The van der Waals surface area contributed by atoms with Crippen LogP contribution in [0.4, 0.5) is 10.2 Å². The van der Waals surface area contributed by atoms with Crippen LogP contribution in [-0.4, -0.2) is 42.3 Å². The van der Waals surface area contributed by atoms with Crippen LogP contribution in [0.5, 0.6) is 0 Å². The Morgan fingerprint density at radius 1 is 1.12 bits per heavy atom. The lowest BCUT2D eigenvalue weighted by molar-refractivity contribution is -0.133. The third kappa shape index (κ3) is 4.20. The SMILES string of the molecule is O=C1NNC(Cc2ccc(F)c(P3(=O)CCN(c4ccccn4)CC3)c2)C2CCCCC12. The Bertz CT molecular complexity index is 1020. The summed E-state index contributed by atoms with van der Waals surface area (Å²) in [4.78, 5) is 18.7. The number of hydrogen-bond donors (Lipinski definition) is 2. The van der Waals surface area contributed by atoms with E-state index >= 15 is 0 Å². The number of hydrogen-bond acceptors (Lipinski definition) is 5. The molecule has 0 spiro atoms. The molecule has 3 unspecified atom stereocenters. The molecular weight excluding hydrogens is 426 g/mol. The van der Waals surface area contributed by atoms with Gasteiger partial charge in [-0.1, -0.05) is 25.0 Å². The van der Waals surface area contributed by atoms with Crippen LogP contribution >= 0.6 is 7.14 Å². The molecule has 8 heteroatoms. The average Bonchev–Trinajstić information content (AvgIpc) is 2.83. The zero-order valence-electron chi connectivity index (χ0n) is 18.2. The fourth-order valence-corrected chi connectivity index (χ4v) is 8.28. The second-order valence-corrected chi connectivity index (χ2v) is 12.5. The van der Waals surface area contributed by atoms with Crippen LogP contribution in [0.1, 0.15) is 31.2 Å². The molecule has 32 heavy (non-hydrogen) atoms. The molecule has 3 aliphatic rings. The van der Waals surface area contributed by atoms with Gasteiger partial charge in [-0.15, -0.1) is 0 Å². The molecule has 1 aromatic carbocycles. The van der Waals surface area contributed by atoms with E-state index in [2.05, 4.69) is 20.7 Å². The summed E-state index contributed by atoms with van der Waals surface area (Å²) < 4.78 is 28.6. The molecule has 0 bridgehead atoms. The van der Waals surface area contributed by atoms with Crippen molar-refractivity contribution in [3.63, 3.8) is 0 Å². The van der Waals surface area contributed by atoms with Gasteiger partial charge in [-0.05, 0) is 55.0 Å². The molecule has 2 aromatic rings. The van der Waals surface area contributed by atoms with Crippen molar-refractivity contribution in [1.82, 2.24) is 15.8 Å². The van der Waals surface area contributed by atoms with Crippen molar-refractivity contribution in [3.8, 4) is 0 Å². The van der Waals surface area contributed by atoms with Crippen molar-refractivity contribution in [2.75, 3.05) is 30.3 Å². The standard InChI is InChI=1S/C24H30FN4O2P/c25-20-9-8-17(15-21-18-5-1-2-6-19(18)24(30)28-27-21)16-22(20)32(31)13-11-29(12-14-32)23-7-3-4-10-26-23/h3-4,7-10,16,18-19,21,27H,1-2,5-6,11-15H2,(H,28,30). The summed E-state index contributed by atoms with van der Waals surface area (Å²) in [5, 5.41) is 0.385. The number of pyridine rings is 1. The van der Waals surface area contributed by atoms with E-state index in [0.717, 1.165) is 37.1 Å². The van der Waals surface area contributed by atoms with E-state index in [0.29, 0.717) is 43.1 Å². The van der Waals surface area contributed by atoms with Crippen molar-refractivity contribution in [2.24, 2.45) is 11.8 Å². The second-order valence-electron chi connectivity index (χ2n) is 9.30. The maximum Gasteiger partial charge on any atom is 0.237 e. The van der Waals surface area contributed by atoms with Crippen molar-refractivity contribution in [1.29, 1.82) is 0 Å². The van der Waals surface area contributed by atoms with Gasteiger partial charge >= 0.3 is 0 Å². The Morgan fingerprint density at radius 2 is 1.94 bits per heavy atom. The molecule has 170 valence electrons. The first-order valence-electron chi connectivity index (χ1n) is 11.6. The number of anilines is 1. The highest BCUT2D eigenvalue weighted by molar-refractivity contribution is 7.71. The molecule has 3 atom stereocenters. The predicted octanol–water partition coefficient (Wildman–Crippen LogP) is 3.08. The molecule has 2 aliphatic heterocycles. The highest BCUT2D eigenvalue weighted by atomic mass is 31.2. The largest absolute Gasteiger partial charge is 0.356 e. The average molecular weight is 457 g/mol. The Kier molecular flexibility index (Phi) is 6.04. The lowest BCUT2D eigenvalue weighted by Crippen LogP contribution is -2.60. The number of rotatable bonds is 4. The second kappa shape index (κ2) is 8.95. The van der Waals surface area contributed by atoms with Gasteiger partial charge in [-0.25, -0.2) is 14.8 Å². The molecule has 0 radical (unpaired) electrons. The smallest absolute Gasteiger partial charge is 0.237 e. The van der Waals surface area contributed by atoms with Gasteiger partial charge in [0.15, 0.2) is 0 Å². The summed E-state index contributed by atoms with van der Waals surface area (Å²) >= 11 is 0. The van der Waals surface area contributed by atoms with Crippen molar-refractivity contribution in [2.45, 2.75) is 38.1 Å². The summed E-state index contributed by atoms with van der Waals surface area (Å²) in [5.41, 5.74) is 7.00. The summed E-state index contributed by atoms with van der Waals surface area (Å²) in [6, 6.07) is 11.0. The molecule has 5 rings (SSSR count). The Hall–Kier alpha value is -2.24. The summed E-state index contributed by atoms with van der Waals surface area (Å²) in [7, 11) is -2.81. The molecule has 1 aromatic heterocycles. The van der Waals surface area contributed by atoms with Gasteiger partial charge in [0.25, 0.3) is 0 Å². The zero-order chi connectivity index (χ0) is 22.1. The highest BCUT2D eigenvalue weighted by Gasteiger charge is 2.40. The number of carbonyl (C=O) groups is 1. The van der Waals surface area contributed by atoms with Gasteiger partial charge in [0.1, 0.15) is 18.8 Å². The van der Waals surface area contributed by atoms with Gasteiger partial charge in [0, 0.05) is 48.9 Å². The first-order chi connectivity index (χ1) is 15.5. The van der Waals surface area contributed by atoms with Crippen molar-refractivity contribution >= 4 is 24.2 Å². The monoisotopic (exact) mass is 456 g/mol. The third-order valence-electron chi connectivity index (χ3n) is 7.39. The van der Waals surface area contributed by atoms with Crippen LogP contribution in [-0.2, 0) is 15.8 Å². The van der Waals surface area contributed by atoms with E-state index in [1.165, 1.54) is 6.07 Å². The van der Waals surface area contributed by atoms with Gasteiger partial charge in [0.2, 0.25) is 5.91 Å². The molecule has 1 amide bonds. The maximum atomic E-state index is 14.8. The number of halogens is 1. The first-order valence-corrected chi connectivity index (χ1v) is 13.7. The topological polar surface area (TPSA) is 74.3 Å². The molecule has 1 saturated carbocycles. The van der Waals surface area contributed by atoms with E-state index in [1.807, 2.05) is 24.3 Å². The minimum atomic E-state index is -2.81. The number of fused-ring (bicyclic) bond motifs is 1. The van der Waals surface area contributed by atoms with Crippen LogP contribution in [0.15, 0.2) is 42.6 Å². The number of hydrazine groups is 1. The number of aromatic nitrogens is 1. The van der Waals surface area contributed by atoms with Crippen LogP contribution in [0, 0.1) is 17.7 Å². The first kappa shape index (κ1) is 21.6. The molecule has 2 N–H and O–H groups in total. The fourth-order valence-electron chi connectivity index (χ4n) is 5.58. The highest BCUT2D eigenvalue weighted by Crippen LogP contribution is 2.47. The fraction of sp³-hybridized carbons (Fsp3) is 0.500. The molecule has 3 heterocycles. The Balaban J connectivity index is 1.32. The Labute approximate surface area is 188 Å². The van der Waals surface area contributed by atoms with Crippen molar-refractivity contribution < 1.29 is 13.8 Å². The molecule has 3 fully saturated rings. The van der Waals surface area contributed by atoms with E-state index in [1.54, 1.807) is 12.3 Å². The minimum absolute atomic E-state index is 0.0594. The molecule has 1 aliphatic carbocycles. The predicted molar refractivity (Wildman–Crippen MR) is 124 cm³/mol. The molecular formula is C24H30FN4O2P. The van der Waals surface area contributed by atoms with Crippen LogP contribution in [0.25, 0.3) is 0 Å². The molecule has 6 nitrogen and oxygen atoms in total. The van der Waals surface area contributed by atoms with E-state index in [9.17, 15) is 13.8 Å². The number of amides is 1.